The van der Waals surface area contributed by atoms with Gasteiger partial charge in [-0.15, -0.1) is 11.3 Å². The topological polar surface area (TPSA) is 63.2 Å². The number of amides is 1. The third kappa shape index (κ3) is 1.76. The molecule has 16 heavy (non-hydrogen) atoms. The Hall–Kier alpha value is -0.880. The monoisotopic (exact) mass is 259 g/mol. The fourth-order valence-electron chi connectivity index (χ4n) is 1.95. The van der Waals surface area contributed by atoms with Crippen molar-refractivity contribution in [3.05, 3.63) is 17.0 Å². The highest BCUT2D eigenvalue weighted by Gasteiger charge is 2.37. The van der Waals surface area contributed by atoms with Crippen molar-refractivity contribution in [2.24, 2.45) is 0 Å². The first kappa shape index (κ1) is 11.6. The average Bonchev–Trinajstić information content (AvgIpc) is 2.62. The van der Waals surface area contributed by atoms with Crippen molar-refractivity contribution < 1.29 is 13.2 Å². The van der Waals surface area contributed by atoms with E-state index in [0.717, 1.165) is 5.56 Å². The predicted octanol–water partition coefficient (Wildman–Crippen LogP) is 1.49. The highest BCUT2D eigenvalue weighted by atomic mass is 32.2. The quantitative estimate of drug-likeness (QED) is 0.831. The van der Waals surface area contributed by atoms with Crippen LogP contribution in [-0.2, 0) is 14.6 Å². The Morgan fingerprint density at radius 2 is 2.25 bits per heavy atom. The number of carbonyl (C=O) groups is 1. The van der Waals surface area contributed by atoms with Crippen molar-refractivity contribution in [3.63, 3.8) is 0 Å². The third-order valence-corrected chi connectivity index (χ3v) is 6.48. The third-order valence-electron chi connectivity index (χ3n) is 2.77. The lowest BCUT2D eigenvalue weighted by Crippen LogP contribution is -2.35. The van der Waals surface area contributed by atoms with Gasteiger partial charge in [0.15, 0.2) is 9.84 Å². The van der Waals surface area contributed by atoms with Gasteiger partial charge in [-0.1, -0.05) is 0 Å². The molecule has 2 atom stereocenters. The molecule has 1 aromatic heterocycles. The SMILES string of the molecule is CC(=O)N[C@@H]1C[C@H](C)S(=O)(=O)c2sccc21. The minimum Gasteiger partial charge on any atom is -0.349 e. The molecule has 2 rings (SSSR count). The van der Waals surface area contributed by atoms with Crippen molar-refractivity contribution >= 4 is 27.1 Å². The second-order valence-corrected chi connectivity index (χ2v) is 7.49. The second kappa shape index (κ2) is 3.85. The molecule has 1 aromatic rings. The fraction of sp³-hybridized carbons (Fsp3) is 0.500. The fourth-order valence-corrected chi connectivity index (χ4v) is 5.18. The van der Waals surface area contributed by atoms with Crippen LogP contribution in [-0.4, -0.2) is 19.6 Å². The van der Waals surface area contributed by atoms with Gasteiger partial charge in [0, 0.05) is 12.5 Å². The van der Waals surface area contributed by atoms with E-state index in [1.807, 2.05) is 0 Å². The Morgan fingerprint density at radius 3 is 2.88 bits per heavy atom. The van der Waals surface area contributed by atoms with Crippen LogP contribution in [0, 0.1) is 0 Å². The molecule has 0 radical (unpaired) electrons. The van der Waals surface area contributed by atoms with Crippen molar-refractivity contribution in [3.8, 4) is 0 Å². The maximum absolute atomic E-state index is 12.0. The van der Waals surface area contributed by atoms with E-state index in [2.05, 4.69) is 5.32 Å². The minimum absolute atomic E-state index is 0.131. The van der Waals surface area contributed by atoms with Gasteiger partial charge in [0.25, 0.3) is 0 Å². The van der Waals surface area contributed by atoms with Crippen LogP contribution in [0.5, 0.6) is 0 Å². The number of thiophene rings is 1. The zero-order valence-corrected chi connectivity index (χ0v) is 10.7. The van der Waals surface area contributed by atoms with Gasteiger partial charge >= 0.3 is 0 Å². The number of nitrogens with one attached hydrogen (secondary N) is 1. The Kier molecular flexibility index (Phi) is 2.79. The van der Waals surface area contributed by atoms with E-state index < -0.39 is 15.1 Å². The molecule has 0 bridgehead atoms. The number of fused-ring (bicyclic) bond motifs is 1. The van der Waals surface area contributed by atoms with E-state index in [9.17, 15) is 13.2 Å². The van der Waals surface area contributed by atoms with E-state index in [4.69, 9.17) is 0 Å². The highest BCUT2D eigenvalue weighted by Crippen LogP contribution is 2.39. The van der Waals surface area contributed by atoms with E-state index >= 15 is 0 Å². The molecule has 6 heteroatoms. The molecule has 1 aliphatic heterocycles. The first-order chi connectivity index (χ1) is 7.43. The van der Waals surface area contributed by atoms with Crippen LogP contribution in [0.15, 0.2) is 15.7 Å². The molecular weight excluding hydrogens is 246 g/mol. The molecule has 88 valence electrons. The summed E-state index contributed by atoms with van der Waals surface area (Å²) in [6.45, 7) is 3.13. The summed E-state index contributed by atoms with van der Waals surface area (Å²) in [5.41, 5.74) is 0.735. The van der Waals surface area contributed by atoms with E-state index in [-0.39, 0.29) is 11.9 Å². The second-order valence-electron chi connectivity index (χ2n) is 4.01. The van der Waals surface area contributed by atoms with E-state index in [0.29, 0.717) is 10.6 Å². The molecule has 4 nitrogen and oxygen atoms in total. The first-order valence-electron chi connectivity index (χ1n) is 5.01. The number of hydrogen-bond acceptors (Lipinski definition) is 4. The van der Waals surface area contributed by atoms with Crippen LogP contribution < -0.4 is 5.32 Å². The molecule has 0 spiro atoms. The summed E-state index contributed by atoms with van der Waals surface area (Å²) in [6, 6.07) is 1.61. The zero-order valence-electron chi connectivity index (χ0n) is 9.06. The number of hydrogen-bond donors (Lipinski definition) is 1. The first-order valence-corrected chi connectivity index (χ1v) is 7.44. The zero-order chi connectivity index (χ0) is 11.9. The average molecular weight is 259 g/mol. The molecule has 0 saturated carbocycles. The van der Waals surface area contributed by atoms with Crippen LogP contribution >= 0.6 is 11.3 Å². The lowest BCUT2D eigenvalue weighted by molar-refractivity contribution is -0.119. The summed E-state index contributed by atoms with van der Waals surface area (Å²) < 4.78 is 24.4. The van der Waals surface area contributed by atoms with E-state index in [1.165, 1.54) is 18.3 Å². The Labute approximate surface area is 98.6 Å². The maximum Gasteiger partial charge on any atom is 0.217 e. The summed E-state index contributed by atoms with van der Waals surface area (Å²) in [4.78, 5) is 11.1. The Bertz CT molecular complexity index is 518. The number of rotatable bonds is 1. The van der Waals surface area contributed by atoms with Gasteiger partial charge in [0.05, 0.1) is 11.3 Å². The molecule has 2 heterocycles. The molecular formula is C10H13NO3S2. The molecule has 1 aliphatic rings. The van der Waals surface area contributed by atoms with Gasteiger partial charge in [-0.3, -0.25) is 4.79 Å². The molecule has 0 aromatic carbocycles. The summed E-state index contributed by atoms with van der Waals surface area (Å²) in [6.07, 6.45) is 0.450. The van der Waals surface area contributed by atoms with E-state index in [1.54, 1.807) is 18.4 Å². The summed E-state index contributed by atoms with van der Waals surface area (Å²) in [7, 11) is -3.18. The largest absolute Gasteiger partial charge is 0.349 e. The molecule has 0 aliphatic carbocycles. The lowest BCUT2D eigenvalue weighted by atomic mass is 10.1. The minimum atomic E-state index is -3.18. The standard InChI is InChI=1S/C10H13NO3S2/c1-6-5-9(11-7(2)12)8-3-4-15-10(8)16(6,13)14/h3-4,6,9H,5H2,1-2H3,(H,11,12)/t6-,9+/m0/s1. The van der Waals surface area contributed by atoms with Crippen molar-refractivity contribution in [2.45, 2.75) is 35.8 Å². The normalized spacial score (nSPS) is 27.1. The lowest BCUT2D eigenvalue weighted by Gasteiger charge is -2.27. The molecule has 0 unspecified atom stereocenters. The molecule has 1 N–H and O–H groups in total. The van der Waals surface area contributed by atoms with Crippen LogP contribution in [0.4, 0.5) is 0 Å². The summed E-state index contributed by atoms with van der Waals surface area (Å²) in [5.74, 6) is -0.131. The van der Waals surface area contributed by atoms with Gasteiger partial charge in [0.1, 0.15) is 4.21 Å². The van der Waals surface area contributed by atoms with Gasteiger partial charge in [0.2, 0.25) is 5.91 Å². The van der Waals surface area contributed by atoms with Crippen LogP contribution in [0.1, 0.15) is 31.9 Å². The molecule has 0 fully saturated rings. The molecule has 0 saturated heterocycles. The number of carbonyl (C=O) groups excluding carboxylic acids is 1. The number of sulfone groups is 1. The van der Waals surface area contributed by atoms with Gasteiger partial charge < -0.3 is 5.32 Å². The van der Waals surface area contributed by atoms with Crippen LogP contribution in [0.3, 0.4) is 0 Å². The summed E-state index contributed by atoms with van der Waals surface area (Å²) in [5, 5.41) is 4.12. The Morgan fingerprint density at radius 1 is 1.56 bits per heavy atom. The maximum atomic E-state index is 12.0. The predicted molar refractivity (Wildman–Crippen MR) is 62.1 cm³/mol. The van der Waals surface area contributed by atoms with Crippen molar-refractivity contribution in [1.82, 2.24) is 5.32 Å². The van der Waals surface area contributed by atoms with Crippen LogP contribution in [0.2, 0.25) is 0 Å². The molecule has 1 amide bonds. The summed E-state index contributed by atoms with van der Waals surface area (Å²) >= 11 is 1.23. The van der Waals surface area contributed by atoms with Crippen molar-refractivity contribution in [1.29, 1.82) is 0 Å². The van der Waals surface area contributed by atoms with Crippen LogP contribution in [0.25, 0.3) is 0 Å². The van der Waals surface area contributed by atoms with Gasteiger partial charge in [-0.25, -0.2) is 8.42 Å². The smallest absolute Gasteiger partial charge is 0.217 e. The van der Waals surface area contributed by atoms with Gasteiger partial charge in [-0.2, -0.15) is 0 Å². The van der Waals surface area contributed by atoms with Crippen molar-refractivity contribution in [2.75, 3.05) is 0 Å². The Balaban J connectivity index is 2.46. The van der Waals surface area contributed by atoms with Gasteiger partial charge in [-0.05, 0) is 24.8 Å². The highest BCUT2D eigenvalue weighted by molar-refractivity contribution is 7.94.